The number of ether oxygens (including phenoxy) is 2. The molecule has 5 nitrogen and oxygen atoms in total. The number of carbonyl (C=O) groups is 1. The molecule has 0 aromatic heterocycles. The molecule has 0 saturated carbocycles. The highest BCUT2D eigenvalue weighted by atomic mass is 35.5. The van der Waals surface area contributed by atoms with E-state index in [0.717, 1.165) is 5.56 Å². The molecule has 22 heavy (non-hydrogen) atoms. The van der Waals surface area contributed by atoms with Crippen LogP contribution in [0.3, 0.4) is 0 Å². The quantitative estimate of drug-likeness (QED) is 0.677. The minimum absolute atomic E-state index is 0. The molecule has 0 bridgehead atoms. The Morgan fingerprint density at radius 2 is 1.91 bits per heavy atom. The van der Waals surface area contributed by atoms with Gasteiger partial charge >= 0.3 is 5.97 Å². The number of methoxy groups -OCH3 is 1. The first kappa shape index (κ1) is 20.7. The molecule has 1 rings (SSSR count). The van der Waals surface area contributed by atoms with E-state index in [1.165, 1.54) is 7.11 Å². The van der Waals surface area contributed by atoms with E-state index >= 15 is 0 Å². The molecule has 0 spiro atoms. The lowest BCUT2D eigenvalue weighted by atomic mass is 10.1. The summed E-state index contributed by atoms with van der Waals surface area (Å²) in [6.07, 6.45) is 0.482. The largest absolute Gasteiger partial charge is 0.491 e. The van der Waals surface area contributed by atoms with Gasteiger partial charge in [0, 0.05) is 19.0 Å². The predicted molar refractivity (Wildman–Crippen MR) is 88.7 cm³/mol. The average Bonchev–Trinajstić information content (AvgIpc) is 2.49. The van der Waals surface area contributed by atoms with Gasteiger partial charge in [0.2, 0.25) is 0 Å². The molecule has 0 aliphatic rings. The number of carbonyl (C=O) groups excluding carboxylic acids is 1. The molecule has 1 aromatic rings. The van der Waals surface area contributed by atoms with Crippen LogP contribution < -0.4 is 10.1 Å². The summed E-state index contributed by atoms with van der Waals surface area (Å²) < 4.78 is 10.1. The van der Waals surface area contributed by atoms with E-state index in [-0.39, 0.29) is 25.0 Å². The summed E-state index contributed by atoms with van der Waals surface area (Å²) in [5.41, 5.74) is 1.05. The van der Waals surface area contributed by atoms with Crippen molar-refractivity contribution in [2.45, 2.75) is 38.8 Å². The second-order valence-electron chi connectivity index (χ2n) is 5.25. The van der Waals surface area contributed by atoms with Gasteiger partial charge in [-0.15, -0.1) is 12.4 Å². The number of aliphatic hydroxyl groups excluding tert-OH is 1. The SMILES string of the molecule is COC(=O)CCc1ccc(OC[C@H](O)CNC(C)C)cc1.Cl. The predicted octanol–water partition coefficient (Wildman–Crippen LogP) is 1.95. The van der Waals surface area contributed by atoms with Crippen LogP contribution in [-0.2, 0) is 16.0 Å². The fraction of sp³-hybridized carbons (Fsp3) is 0.562. The second-order valence-corrected chi connectivity index (χ2v) is 5.25. The number of halogens is 1. The molecule has 6 heteroatoms. The maximum Gasteiger partial charge on any atom is 0.305 e. The van der Waals surface area contributed by atoms with Crippen LogP contribution in [0, 0.1) is 0 Å². The van der Waals surface area contributed by atoms with E-state index in [4.69, 9.17) is 4.74 Å². The lowest BCUT2D eigenvalue weighted by molar-refractivity contribution is -0.140. The standard InChI is InChI=1S/C16H25NO4.ClH/c1-12(2)17-10-14(18)11-21-15-7-4-13(5-8-15)6-9-16(19)20-3;/h4-5,7-8,12,14,17-18H,6,9-11H2,1-3H3;1H/t14-;/m1./s1. The molecular formula is C16H26ClNO4. The number of nitrogens with one attached hydrogen (secondary N) is 1. The summed E-state index contributed by atoms with van der Waals surface area (Å²) in [5.74, 6) is 0.497. The molecule has 126 valence electrons. The normalized spacial score (nSPS) is 11.7. The van der Waals surface area contributed by atoms with Gasteiger partial charge in [-0.05, 0) is 24.1 Å². The third kappa shape index (κ3) is 8.87. The van der Waals surface area contributed by atoms with E-state index in [1.54, 1.807) is 0 Å². The number of hydrogen-bond donors (Lipinski definition) is 2. The van der Waals surface area contributed by atoms with E-state index in [9.17, 15) is 9.90 Å². The molecule has 0 aliphatic carbocycles. The lowest BCUT2D eigenvalue weighted by Crippen LogP contribution is -2.35. The van der Waals surface area contributed by atoms with Crippen molar-refractivity contribution in [3.05, 3.63) is 29.8 Å². The highest BCUT2D eigenvalue weighted by Crippen LogP contribution is 2.13. The first-order valence-electron chi connectivity index (χ1n) is 7.21. The first-order chi connectivity index (χ1) is 10.0. The number of aryl methyl sites for hydroxylation is 1. The molecule has 2 N–H and O–H groups in total. The Balaban J connectivity index is 0.00000441. The van der Waals surface area contributed by atoms with Crippen LogP contribution in [-0.4, -0.2) is 43.5 Å². The van der Waals surface area contributed by atoms with Crippen molar-refractivity contribution >= 4 is 18.4 Å². The molecule has 0 fully saturated rings. The Labute approximate surface area is 138 Å². The number of esters is 1. The highest BCUT2D eigenvalue weighted by Gasteiger charge is 2.06. The van der Waals surface area contributed by atoms with Crippen molar-refractivity contribution in [3.8, 4) is 5.75 Å². The zero-order chi connectivity index (χ0) is 15.7. The van der Waals surface area contributed by atoms with Crippen LogP contribution in [0.4, 0.5) is 0 Å². The Hall–Kier alpha value is -1.30. The van der Waals surface area contributed by atoms with Gasteiger partial charge in [0.1, 0.15) is 18.5 Å². The van der Waals surface area contributed by atoms with Gasteiger partial charge in [-0.25, -0.2) is 0 Å². The number of aliphatic hydroxyl groups is 1. The minimum Gasteiger partial charge on any atom is -0.491 e. The maximum atomic E-state index is 11.1. The number of benzene rings is 1. The Morgan fingerprint density at radius 1 is 1.27 bits per heavy atom. The zero-order valence-electron chi connectivity index (χ0n) is 13.4. The Bertz CT molecular complexity index is 423. The van der Waals surface area contributed by atoms with E-state index in [0.29, 0.717) is 31.2 Å². The summed E-state index contributed by atoms with van der Waals surface area (Å²) in [7, 11) is 1.39. The smallest absolute Gasteiger partial charge is 0.305 e. The fourth-order valence-corrected chi connectivity index (χ4v) is 1.72. The number of hydrogen-bond acceptors (Lipinski definition) is 5. The van der Waals surface area contributed by atoms with E-state index in [2.05, 4.69) is 10.1 Å². The van der Waals surface area contributed by atoms with Gasteiger partial charge in [0.25, 0.3) is 0 Å². The molecule has 0 saturated heterocycles. The lowest BCUT2D eigenvalue weighted by Gasteiger charge is -2.15. The summed E-state index contributed by atoms with van der Waals surface area (Å²) in [6.45, 7) is 4.82. The molecule has 0 radical (unpaired) electrons. The van der Waals surface area contributed by atoms with Gasteiger partial charge in [0.15, 0.2) is 0 Å². The topological polar surface area (TPSA) is 67.8 Å². The third-order valence-corrected chi connectivity index (χ3v) is 2.97. The van der Waals surface area contributed by atoms with Crippen LogP contribution in [0.2, 0.25) is 0 Å². The summed E-state index contributed by atoms with van der Waals surface area (Å²) >= 11 is 0. The molecule has 0 aliphatic heterocycles. The van der Waals surface area contributed by atoms with Crippen LogP contribution in [0.5, 0.6) is 5.75 Å². The molecule has 1 atom stereocenters. The fourth-order valence-electron chi connectivity index (χ4n) is 1.72. The first-order valence-corrected chi connectivity index (χ1v) is 7.21. The minimum atomic E-state index is -0.536. The van der Waals surface area contributed by atoms with Crippen LogP contribution in [0.1, 0.15) is 25.8 Å². The third-order valence-electron chi connectivity index (χ3n) is 2.97. The van der Waals surface area contributed by atoms with Crippen molar-refractivity contribution in [3.63, 3.8) is 0 Å². The maximum absolute atomic E-state index is 11.1. The second kappa shape index (κ2) is 11.3. The van der Waals surface area contributed by atoms with Crippen molar-refractivity contribution in [2.24, 2.45) is 0 Å². The zero-order valence-corrected chi connectivity index (χ0v) is 14.2. The van der Waals surface area contributed by atoms with Gasteiger partial charge < -0.3 is 19.9 Å². The van der Waals surface area contributed by atoms with Crippen LogP contribution >= 0.6 is 12.4 Å². The van der Waals surface area contributed by atoms with Crippen molar-refractivity contribution < 1.29 is 19.4 Å². The summed E-state index contributed by atoms with van der Waals surface area (Å²) in [6, 6.07) is 7.85. The molecule has 0 heterocycles. The Morgan fingerprint density at radius 3 is 2.45 bits per heavy atom. The van der Waals surface area contributed by atoms with E-state index < -0.39 is 6.10 Å². The highest BCUT2D eigenvalue weighted by molar-refractivity contribution is 5.85. The van der Waals surface area contributed by atoms with Crippen molar-refractivity contribution in [2.75, 3.05) is 20.3 Å². The molecule has 1 aromatic carbocycles. The van der Waals surface area contributed by atoms with Gasteiger partial charge in [-0.3, -0.25) is 4.79 Å². The molecular weight excluding hydrogens is 306 g/mol. The number of rotatable bonds is 9. The molecule has 0 unspecified atom stereocenters. The Kier molecular flexibility index (Phi) is 10.6. The monoisotopic (exact) mass is 331 g/mol. The van der Waals surface area contributed by atoms with Crippen LogP contribution in [0.15, 0.2) is 24.3 Å². The van der Waals surface area contributed by atoms with Gasteiger partial charge in [0.05, 0.1) is 7.11 Å². The summed E-state index contributed by atoms with van der Waals surface area (Å²) in [5, 5.41) is 12.9. The summed E-state index contributed by atoms with van der Waals surface area (Å²) in [4.78, 5) is 11.1. The van der Waals surface area contributed by atoms with Gasteiger partial charge in [-0.2, -0.15) is 0 Å². The van der Waals surface area contributed by atoms with Crippen molar-refractivity contribution in [1.29, 1.82) is 0 Å². The average molecular weight is 332 g/mol. The van der Waals surface area contributed by atoms with Gasteiger partial charge in [-0.1, -0.05) is 26.0 Å². The van der Waals surface area contributed by atoms with E-state index in [1.807, 2.05) is 38.1 Å². The molecule has 0 amide bonds. The van der Waals surface area contributed by atoms with Crippen LogP contribution in [0.25, 0.3) is 0 Å². The van der Waals surface area contributed by atoms with Crippen molar-refractivity contribution in [1.82, 2.24) is 5.32 Å².